The van der Waals surface area contributed by atoms with E-state index in [9.17, 15) is 0 Å². The van der Waals surface area contributed by atoms with E-state index in [1.54, 1.807) is 0 Å². The highest BCUT2D eigenvalue weighted by molar-refractivity contribution is 6.30. The van der Waals surface area contributed by atoms with Crippen molar-refractivity contribution in [1.29, 1.82) is 0 Å². The van der Waals surface area contributed by atoms with Crippen LogP contribution in [0.1, 0.15) is 25.0 Å². The molecule has 3 heteroatoms. The van der Waals surface area contributed by atoms with E-state index in [1.165, 1.54) is 16.8 Å². The summed E-state index contributed by atoms with van der Waals surface area (Å²) in [5, 5.41) is 0.767. The molecule has 2 heterocycles. The van der Waals surface area contributed by atoms with Gasteiger partial charge in [0.1, 0.15) is 0 Å². The van der Waals surface area contributed by atoms with Gasteiger partial charge in [-0.3, -0.25) is 0 Å². The largest absolute Gasteiger partial charge is 0.453 e. The monoisotopic (exact) mass is 333 g/mol. The number of benzene rings is 3. The number of halogens is 1. The molecule has 0 aliphatic carbocycles. The average Bonchev–Trinajstić information content (AvgIpc) is 2.58. The SMILES string of the molecule is CC1(C)c2cc(Cl)ccc2N2c3ccccc3Oc3cccc1c32. The van der Waals surface area contributed by atoms with Crippen molar-refractivity contribution in [3.05, 3.63) is 76.8 Å². The van der Waals surface area contributed by atoms with E-state index < -0.39 is 0 Å². The van der Waals surface area contributed by atoms with E-state index >= 15 is 0 Å². The lowest BCUT2D eigenvalue weighted by molar-refractivity contribution is 0.471. The highest BCUT2D eigenvalue weighted by Gasteiger charge is 2.41. The minimum Gasteiger partial charge on any atom is -0.453 e. The number of nitrogens with zero attached hydrogens (tertiary/aromatic N) is 1. The minimum absolute atomic E-state index is 0.141. The number of ether oxygens (including phenoxy) is 1. The number of rotatable bonds is 0. The molecular weight excluding hydrogens is 318 g/mol. The summed E-state index contributed by atoms with van der Waals surface area (Å²) in [5.74, 6) is 1.78. The van der Waals surface area contributed by atoms with Gasteiger partial charge in [0.15, 0.2) is 11.5 Å². The Morgan fingerprint density at radius 3 is 2.50 bits per heavy atom. The summed E-state index contributed by atoms with van der Waals surface area (Å²) in [6.07, 6.45) is 0. The summed E-state index contributed by atoms with van der Waals surface area (Å²) in [7, 11) is 0. The Hall–Kier alpha value is -2.45. The summed E-state index contributed by atoms with van der Waals surface area (Å²) in [4.78, 5) is 2.31. The van der Waals surface area contributed by atoms with Gasteiger partial charge in [-0.15, -0.1) is 0 Å². The first-order chi connectivity index (χ1) is 11.6. The van der Waals surface area contributed by atoms with Gasteiger partial charge in [0, 0.05) is 10.4 Å². The van der Waals surface area contributed by atoms with Crippen LogP contribution in [0.5, 0.6) is 11.5 Å². The zero-order valence-corrected chi connectivity index (χ0v) is 14.3. The molecule has 0 aromatic heterocycles. The minimum atomic E-state index is -0.141. The molecule has 2 nitrogen and oxygen atoms in total. The molecule has 0 N–H and O–H groups in total. The van der Waals surface area contributed by atoms with Crippen LogP contribution in [0, 0.1) is 0 Å². The molecular formula is C21H16ClNO. The van der Waals surface area contributed by atoms with E-state index in [1.807, 2.05) is 30.3 Å². The number of anilines is 3. The normalized spacial score (nSPS) is 15.9. The van der Waals surface area contributed by atoms with Crippen LogP contribution in [0.2, 0.25) is 5.02 Å². The molecule has 3 aromatic rings. The van der Waals surface area contributed by atoms with E-state index in [0.717, 1.165) is 27.9 Å². The van der Waals surface area contributed by atoms with Crippen molar-refractivity contribution in [2.24, 2.45) is 0 Å². The molecule has 24 heavy (non-hydrogen) atoms. The van der Waals surface area contributed by atoms with Crippen molar-refractivity contribution in [2.45, 2.75) is 19.3 Å². The molecule has 2 aliphatic rings. The van der Waals surface area contributed by atoms with Crippen LogP contribution < -0.4 is 9.64 Å². The lowest BCUT2D eigenvalue weighted by Gasteiger charge is -2.44. The van der Waals surface area contributed by atoms with Crippen LogP contribution in [-0.4, -0.2) is 0 Å². The molecule has 5 rings (SSSR count). The van der Waals surface area contributed by atoms with Crippen LogP contribution in [0.3, 0.4) is 0 Å². The van der Waals surface area contributed by atoms with Crippen LogP contribution >= 0.6 is 11.6 Å². The van der Waals surface area contributed by atoms with Crippen molar-refractivity contribution >= 4 is 28.7 Å². The second-order valence-electron chi connectivity index (χ2n) is 6.84. The van der Waals surface area contributed by atoms with Crippen molar-refractivity contribution < 1.29 is 4.74 Å². The highest BCUT2D eigenvalue weighted by Crippen LogP contribution is 2.59. The van der Waals surface area contributed by atoms with Gasteiger partial charge >= 0.3 is 0 Å². The first-order valence-electron chi connectivity index (χ1n) is 8.08. The molecule has 0 atom stereocenters. The molecule has 0 bridgehead atoms. The van der Waals surface area contributed by atoms with E-state index in [2.05, 4.69) is 49.1 Å². The molecule has 0 unspecified atom stereocenters. The fourth-order valence-corrected chi connectivity index (χ4v) is 4.08. The Balaban J connectivity index is 1.92. The van der Waals surface area contributed by atoms with Gasteiger partial charge in [-0.25, -0.2) is 0 Å². The smallest absolute Gasteiger partial charge is 0.151 e. The standard InChI is InChI=1S/C21H16ClNO/c1-21(2)14-6-5-9-19-20(14)23(16-11-10-13(22)12-15(16)21)17-7-3-4-8-18(17)24-19/h3-12H,1-2H3. The third-order valence-corrected chi connectivity index (χ3v) is 5.33. The Labute approximate surface area is 146 Å². The Kier molecular flexibility index (Phi) is 2.64. The van der Waals surface area contributed by atoms with Gasteiger partial charge in [-0.05, 0) is 47.5 Å². The number of para-hydroxylation sites is 3. The molecule has 0 spiro atoms. The molecule has 0 fully saturated rings. The third-order valence-electron chi connectivity index (χ3n) is 5.09. The van der Waals surface area contributed by atoms with Crippen molar-refractivity contribution in [3.63, 3.8) is 0 Å². The first-order valence-corrected chi connectivity index (χ1v) is 8.46. The third kappa shape index (κ3) is 1.67. The van der Waals surface area contributed by atoms with Gasteiger partial charge in [0.25, 0.3) is 0 Å². The summed E-state index contributed by atoms with van der Waals surface area (Å²) in [5.41, 5.74) is 5.71. The summed E-state index contributed by atoms with van der Waals surface area (Å²) in [6, 6.07) is 20.6. The zero-order valence-electron chi connectivity index (χ0n) is 13.5. The van der Waals surface area contributed by atoms with Gasteiger partial charge < -0.3 is 9.64 Å². The Morgan fingerprint density at radius 2 is 1.62 bits per heavy atom. The molecule has 2 aliphatic heterocycles. The fraction of sp³-hybridized carbons (Fsp3) is 0.143. The summed E-state index contributed by atoms with van der Waals surface area (Å²) in [6.45, 7) is 4.49. The lowest BCUT2D eigenvalue weighted by Crippen LogP contribution is -2.32. The maximum atomic E-state index is 6.32. The van der Waals surface area contributed by atoms with Gasteiger partial charge in [0.05, 0.1) is 17.1 Å². The molecule has 0 saturated carbocycles. The fourth-order valence-electron chi connectivity index (χ4n) is 3.91. The lowest BCUT2D eigenvalue weighted by atomic mass is 9.73. The number of fused-ring (bicyclic) bond motifs is 4. The summed E-state index contributed by atoms with van der Waals surface area (Å²) >= 11 is 6.32. The van der Waals surface area contributed by atoms with Crippen LogP contribution in [0.15, 0.2) is 60.7 Å². The van der Waals surface area contributed by atoms with Crippen LogP contribution in [0.25, 0.3) is 0 Å². The van der Waals surface area contributed by atoms with Crippen molar-refractivity contribution in [1.82, 2.24) is 0 Å². The highest BCUT2D eigenvalue weighted by atomic mass is 35.5. The summed E-state index contributed by atoms with van der Waals surface area (Å²) < 4.78 is 6.19. The topological polar surface area (TPSA) is 12.5 Å². The number of hydrogen-bond acceptors (Lipinski definition) is 2. The Bertz CT molecular complexity index is 989. The van der Waals surface area contributed by atoms with E-state index in [4.69, 9.17) is 16.3 Å². The van der Waals surface area contributed by atoms with Crippen LogP contribution in [0.4, 0.5) is 17.1 Å². The molecule has 0 saturated heterocycles. The van der Waals surface area contributed by atoms with Gasteiger partial charge in [-0.1, -0.05) is 49.7 Å². The zero-order chi connectivity index (χ0) is 16.5. The quantitative estimate of drug-likeness (QED) is 0.361. The van der Waals surface area contributed by atoms with Gasteiger partial charge in [-0.2, -0.15) is 0 Å². The second-order valence-corrected chi connectivity index (χ2v) is 7.28. The Morgan fingerprint density at radius 1 is 0.833 bits per heavy atom. The predicted molar refractivity (Wildman–Crippen MR) is 98.3 cm³/mol. The molecule has 0 radical (unpaired) electrons. The van der Waals surface area contributed by atoms with Crippen molar-refractivity contribution in [2.75, 3.05) is 4.90 Å². The maximum Gasteiger partial charge on any atom is 0.151 e. The second kappa shape index (κ2) is 4.55. The predicted octanol–water partition coefficient (Wildman–Crippen LogP) is 6.55. The average molecular weight is 334 g/mol. The van der Waals surface area contributed by atoms with Gasteiger partial charge in [0.2, 0.25) is 0 Å². The molecule has 3 aromatic carbocycles. The number of hydrogen-bond donors (Lipinski definition) is 0. The first kappa shape index (κ1) is 13.9. The molecule has 118 valence electrons. The van der Waals surface area contributed by atoms with E-state index in [0.29, 0.717) is 0 Å². The van der Waals surface area contributed by atoms with Crippen molar-refractivity contribution in [3.8, 4) is 11.5 Å². The van der Waals surface area contributed by atoms with Crippen LogP contribution in [-0.2, 0) is 5.41 Å². The molecule has 0 amide bonds. The maximum absolute atomic E-state index is 6.32. The van der Waals surface area contributed by atoms with E-state index in [-0.39, 0.29) is 5.41 Å².